The number of aliphatic hydroxyl groups is 1. The predicted molar refractivity (Wildman–Crippen MR) is 99.2 cm³/mol. The predicted octanol–water partition coefficient (Wildman–Crippen LogP) is 2.59. The van der Waals surface area contributed by atoms with Crippen molar-refractivity contribution >= 4 is 44.9 Å². The van der Waals surface area contributed by atoms with Crippen LogP contribution in [-0.4, -0.2) is 28.3 Å². The molecule has 3 N–H and O–H groups in total. The molecule has 1 aromatic heterocycles. The van der Waals surface area contributed by atoms with Crippen molar-refractivity contribution in [2.75, 3.05) is 11.9 Å². The van der Waals surface area contributed by atoms with Crippen molar-refractivity contribution in [1.29, 1.82) is 0 Å². The Kier molecular flexibility index (Phi) is 6.60. The van der Waals surface area contributed by atoms with E-state index in [1.54, 1.807) is 18.2 Å². The van der Waals surface area contributed by atoms with Gasteiger partial charge in [-0.05, 0) is 31.2 Å². The number of amides is 1. The number of anilines is 2. The molecule has 2 rings (SSSR count). The van der Waals surface area contributed by atoms with E-state index >= 15 is 0 Å². The summed E-state index contributed by atoms with van der Waals surface area (Å²) in [5, 5.41) is 12.6. The number of aliphatic hydroxyl groups excluding tert-OH is 1. The topological polar surface area (TPSA) is 92.6 Å². The van der Waals surface area contributed by atoms with E-state index in [4.69, 9.17) is 21.5 Å². The largest absolute Gasteiger partial charge is 0.391 e. The number of pyridine rings is 1. The summed E-state index contributed by atoms with van der Waals surface area (Å²) in [5.74, 6) is -0.304. The molecule has 2 aromatic rings. The number of aromatic nitrogens is 1. The summed E-state index contributed by atoms with van der Waals surface area (Å²) in [7, 11) is 1.53. The Morgan fingerprint density at radius 2 is 2.12 bits per heavy atom. The van der Waals surface area contributed by atoms with E-state index < -0.39 is 12.0 Å². The highest BCUT2D eigenvalue weighted by Crippen LogP contribution is 2.29. The van der Waals surface area contributed by atoms with Crippen molar-refractivity contribution in [2.45, 2.75) is 13.0 Å². The Labute approximate surface area is 157 Å². The zero-order valence-corrected chi connectivity index (χ0v) is 15.9. The zero-order chi connectivity index (χ0) is 18.6. The average molecular weight is 431 g/mol. The molecule has 0 saturated carbocycles. The van der Waals surface area contributed by atoms with Crippen LogP contribution in [0, 0.1) is 0 Å². The van der Waals surface area contributed by atoms with Gasteiger partial charge in [0, 0.05) is 17.6 Å². The number of carbonyl (C=O) groups is 1. The molecule has 0 fully saturated rings. The second-order valence-electron chi connectivity index (χ2n) is 5.33. The van der Waals surface area contributed by atoms with Gasteiger partial charge in [0.25, 0.3) is 11.5 Å². The Hall–Kier alpha value is -1.87. The highest BCUT2D eigenvalue weighted by atomic mass is 79.9. The van der Waals surface area contributed by atoms with Crippen LogP contribution in [0.3, 0.4) is 0 Å². The lowest BCUT2D eigenvalue weighted by molar-refractivity contribution is -0.00685. The van der Waals surface area contributed by atoms with Crippen LogP contribution in [0.4, 0.5) is 11.5 Å². The lowest BCUT2D eigenvalue weighted by atomic mass is 10.2. The van der Waals surface area contributed by atoms with Gasteiger partial charge in [-0.15, -0.1) is 0 Å². The number of rotatable bonds is 6. The molecule has 0 aliphatic rings. The second kappa shape index (κ2) is 8.48. The lowest BCUT2D eigenvalue weighted by Gasteiger charge is -2.16. The van der Waals surface area contributed by atoms with E-state index in [9.17, 15) is 9.59 Å². The van der Waals surface area contributed by atoms with Gasteiger partial charge in [0.1, 0.15) is 12.4 Å². The van der Waals surface area contributed by atoms with Gasteiger partial charge in [0.2, 0.25) is 0 Å². The summed E-state index contributed by atoms with van der Waals surface area (Å²) in [4.78, 5) is 29.2. The molecule has 1 amide bonds. The van der Waals surface area contributed by atoms with E-state index in [1.165, 1.54) is 30.7 Å². The molecule has 1 unspecified atom stereocenters. The van der Waals surface area contributed by atoms with Crippen molar-refractivity contribution in [3.05, 3.63) is 55.7 Å². The SMILES string of the molecule is CC(O)CONC(=O)c1ccc(=O)n(C)c1Nc1ccc(Br)cc1Cl. The minimum atomic E-state index is -0.723. The number of hydroxylamine groups is 1. The third-order valence-electron chi connectivity index (χ3n) is 3.23. The molecule has 134 valence electrons. The monoisotopic (exact) mass is 429 g/mol. The molecule has 0 bridgehead atoms. The Morgan fingerprint density at radius 1 is 1.40 bits per heavy atom. The molecule has 0 radical (unpaired) electrons. The van der Waals surface area contributed by atoms with Crippen LogP contribution in [0.25, 0.3) is 0 Å². The van der Waals surface area contributed by atoms with Crippen LogP contribution in [0.15, 0.2) is 39.6 Å². The molecule has 7 nitrogen and oxygen atoms in total. The molecular formula is C16H17BrClN3O4. The molecule has 0 spiro atoms. The molecule has 0 saturated heterocycles. The van der Waals surface area contributed by atoms with Crippen LogP contribution in [0.1, 0.15) is 17.3 Å². The molecule has 1 heterocycles. The summed E-state index contributed by atoms with van der Waals surface area (Å²) >= 11 is 9.51. The fourth-order valence-electron chi connectivity index (χ4n) is 1.97. The standard InChI is InChI=1S/C16H17BrClN3O4/c1-9(22)8-25-20-16(24)11-4-6-14(23)21(2)15(11)19-13-5-3-10(17)7-12(13)18/h3-7,9,19,22H,8H2,1-2H3,(H,20,24). The van der Waals surface area contributed by atoms with E-state index in [2.05, 4.69) is 26.7 Å². The minimum absolute atomic E-state index is 0.0567. The summed E-state index contributed by atoms with van der Waals surface area (Å²) in [6, 6.07) is 7.85. The minimum Gasteiger partial charge on any atom is -0.391 e. The van der Waals surface area contributed by atoms with Gasteiger partial charge in [0.15, 0.2) is 0 Å². The number of hydrogen-bond acceptors (Lipinski definition) is 5. The number of nitrogens with one attached hydrogen (secondary N) is 2. The highest BCUT2D eigenvalue weighted by molar-refractivity contribution is 9.10. The quantitative estimate of drug-likeness (QED) is 0.613. The van der Waals surface area contributed by atoms with Crippen LogP contribution in [-0.2, 0) is 11.9 Å². The number of benzene rings is 1. The van der Waals surface area contributed by atoms with E-state index in [1.807, 2.05) is 0 Å². The Morgan fingerprint density at radius 3 is 2.76 bits per heavy atom. The van der Waals surface area contributed by atoms with Gasteiger partial charge in [-0.1, -0.05) is 27.5 Å². The first-order valence-corrected chi connectivity index (χ1v) is 8.49. The van der Waals surface area contributed by atoms with Crippen LogP contribution < -0.4 is 16.4 Å². The maximum atomic E-state index is 12.3. The maximum absolute atomic E-state index is 12.3. The summed E-state index contributed by atoms with van der Waals surface area (Å²) in [6.07, 6.45) is -0.723. The van der Waals surface area contributed by atoms with Gasteiger partial charge in [-0.2, -0.15) is 0 Å². The first-order valence-electron chi connectivity index (χ1n) is 7.32. The number of carbonyl (C=O) groups excluding carboxylic acids is 1. The maximum Gasteiger partial charge on any atom is 0.278 e. The summed E-state index contributed by atoms with van der Waals surface area (Å²) < 4.78 is 2.09. The number of nitrogens with zero attached hydrogens (tertiary/aromatic N) is 1. The fourth-order valence-corrected chi connectivity index (χ4v) is 2.69. The molecule has 0 aliphatic heterocycles. The molecule has 0 aliphatic carbocycles. The second-order valence-corrected chi connectivity index (χ2v) is 6.66. The summed E-state index contributed by atoms with van der Waals surface area (Å²) in [6.45, 7) is 1.47. The van der Waals surface area contributed by atoms with E-state index in [0.29, 0.717) is 10.7 Å². The van der Waals surface area contributed by atoms with E-state index in [-0.39, 0.29) is 23.5 Å². The van der Waals surface area contributed by atoms with Gasteiger partial charge < -0.3 is 10.4 Å². The van der Waals surface area contributed by atoms with Gasteiger partial charge in [-0.25, -0.2) is 5.48 Å². The van der Waals surface area contributed by atoms with Gasteiger partial charge >= 0.3 is 0 Å². The van der Waals surface area contributed by atoms with E-state index in [0.717, 1.165) is 4.47 Å². The Balaban J connectivity index is 2.34. The normalized spacial score (nSPS) is 11.9. The Bertz CT molecular complexity index is 839. The van der Waals surface area contributed by atoms with Crippen LogP contribution in [0.5, 0.6) is 0 Å². The van der Waals surface area contributed by atoms with Crippen molar-refractivity contribution in [1.82, 2.24) is 10.0 Å². The van der Waals surface area contributed by atoms with Crippen molar-refractivity contribution in [3.8, 4) is 0 Å². The first kappa shape index (κ1) is 19.5. The lowest BCUT2D eigenvalue weighted by Crippen LogP contribution is -2.30. The summed E-state index contributed by atoms with van der Waals surface area (Å²) in [5.41, 5.74) is 2.66. The first-order chi connectivity index (χ1) is 11.8. The third kappa shape index (κ3) is 5.05. The molecule has 9 heteroatoms. The number of halogens is 2. The molecule has 1 atom stereocenters. The van der Waals surface area contributed by atoms with Crippen molar-refractivity contribution in [3.63, 3.8) is 0 Å². The average Bonchev–Trinajstić information content (AvgIpc) is 2.53. The molecule has 1 aromatic carbocycles. The molecular weight excluding hydrogens is 414 g/mol. The van der Waals surface area contributed by atoms with Crippen LogP contribution >= 0.6 is 27.5 Å². The molecule has 25 heavy (non-hydrogen) atoms. The number of hydrogen-bond donors (Lipinski definition) is 3. The van der Waals surface area contributed by atoms with Crippen molar-refractivity contribution < 1.29 is 14.7 Å². The van der Waals surface area contributed by atoms with Crippen LogP contribution in [0.2, 0.25) is 5.02 Å². The third-order valence-corrected chi connectivity index (χ3v) is 4.04. The highest BCUT2D eigenvalue weighted by Gasteiger charge is 2.16. The van der Waals surface area contributed by atoms with Crippen molar-refractivity contribution in [2.24, 2.45) is 7.05 Å². The zero-order valence-electron chi connectivity index (χ0n) is 13.5. The van der Waals surface area contributed by atoms with Gasteiger partial charge in [-0.3, -0.25) is 19.0 Å². The van der Waals surface area contributed by atoms with Gasteiger partial charge in [0.05, 0.1) is 22.4 Å². The smallest absolute Gasteiger partial charge is 0.278 e. The fraction of sp³-hybridized carbons (Fsp3) is 0.250.